The lowest BCUT2D eigenvalue weighted by Crippen LogP contribution is -2.35. The van der Waals surface area contributed by atoms with Crippen molar-refractivity contribution in [1.82, 2.24) is 19.7 Å². The Labute approximate surface area is 126 Å². The van der Waals surface area contributed by atoms with Gasteiger partial charge in [-0.3, -0.25) is 4.90 Å². The fraction of sp³-hybridized carbons (Fsp3) is 0.417. The van der Waals surface area contributed by atoms with E-state index in [9.17, 15) is 18.0 Å². The van der Waals surface area contributed by atoms with Gasteiger partial charge in [0.1, 0.15) is 10.7 Å². The molecule has 1 N–H and O–H groups in total. The predicted octanol–water partition coefficient (Wildman–Crippen LogP) is 2.07. The van der Waals surface area contributed by atoms with Crippen LogP contribution in [0.5, 0.6) is 0 Å². The summed E-state index contributed by atoms with van der Waals surface area (Å²) in [5.74, 6) is -1.74. The van der Waals surface area contributed by atoms with Gasteiger partial charge in [0.2, 0.25) is 5.82 Å². The summed E-state index contributed by atoms with van der Waals surface area (Å²) < 4.78 is 39.3. The van der Waals surface area contributed by atoms with Crippen LogP contribution in [0.3, 0.4) is 0 Å². The second kappa shape index (κ2) is 5.36. The Morgan fingerprint density at radius 1 is 1.36 bits per heavy atom. The highest BCUT2D eigenvalue weighted by Gasteiger charge is 2.39. The van der Waals surface area contributed by atoms with E-state index in [-0.39, 0.29) is 23.8 Å². The Morgan fingerprint density at radius 2 is 2.14 bits per heavy atom. The third-order valence-electron chi connectivity index (χ3n) is 3.42. The Bertz CT molecular complexity index is 710. The molecule has 3 rings (SSSR count). The quantitative estimate of drug-likeness (QED) is 0.932. The number of nitrogens with zero attached hydrogens (tertiary/aromatic N) is 4. The molecule has 0 radical (unpaired) electrons. The van der Waals surface area contributed by atoms with Crippen molar-refractivity contribution in [3.05, 3.63) is 33.5 Å². The molecule has 118 valence electrons. The molecule has 1 aliphatic rings. The molecule has 2 aromatic rings. The molecule has 0 unspecified atom stereocenters. The van der Waals surface area contributed by atoms with E-state index in [0.29, 0.717) is 18.7 Å². The summed E-state index contributed by atoms with van der Waals surface area (Å²) in [4.78, 5) is 13.2. The zero-order chi connectivity index (χ0) is 15.9. The molecule has 10 heteroatoms. The van der Waals surface area contributed by atoms with Crippen LogP contribution in [0.1, 0.15) is 26.9 Å². The second-order valence-electron chi connectivity index (χ2n) is 4.88. The predicted molar refractivity (Wildman–Crippen MR) is 70.4 cm³/mol. The van der Waals surface area contributed by atoms with Gasteiger partial charge in [-0.25, -0.2) is 4.79 Å². The summed E-state index contributed by atoms with van der Waals surface area (Å²) in [5, 5.41) is 17.6. The number of alkyl halides is 3. The Kier molecular flexibility index (Phi) is 3.65. The molecule has 0 aliphatic carbocycles. The van der Waals surface area contributed by atoms with E-state index in [2.05, 4.69) is 10.2 Å². The number of halogens is 3. The minimum Gasteiger partial charge on any atom is -0.477 e. The number of aromatic nitrogens is 3. The van der Waals surface area contributed by atoms with Crippen molar-refractivity contribution >= 4 is 17.3 Å². The number of thiophene rings is 1. The number of hydrogen-bond donors (Lipinski definition) is 1. The van der Waals surface area contributed by atoms with Crippen LogP contribution in [0.15, 0.2) is 11.4 Å². The molecule has 0 fully saturated rings. The van der Waals surface area contributed by atoms with Crippen molar-refractivity contribution in [2.45, 2.75) is 25.8 Å². The first kappa shape index (κ1) is 15.0. The average molecular weight is 332 g/mol. The zero-order valence-corrected chi connectivity index (χ0v) is 12.0. The molecule has 0 atom stereocenters. The topological polar surface area (TPSA) is 71.2 Å². The fourth-order valence-electron chi connectivity index (χ4n) is 2.44. The Morgan fingerprint density at radius 3 is 2.82 bits per heavy atom. The minimum absolute atomic E-state index is 0.129. The number of carboxylic acid groups (broad SMARTS) is 1. The van der Waals surface area contributed by atoms with Gasteiger partial charge in [-0.1, -0.05) is 0 Å². The van der Waals surface area contributed by atoms with E-state index in [0.717, 1.165) is 15.9 Å². The molecular formula is C12H11F3N4O2S. The molecule has 22 heavy (non-hydrogen) atoms. The number of rotatable bonds is 3. The van der Waals surface area contributed by atoms with Crippen LogP contribution in [0.25, 0.3) is 0 Å². The molecule has 0 spiro atoms. The number of hydrogen-bond acceptors (Lipinski definition) is 5. The van der Waals surface area contributed by atoms with E-state index in [1.807, 2.05) is 4.90 Å². The van der Waals surface area contributed by atoms with Gasteiger partial charge in [-0.05, 0) is 17.0 Å². The van der Waals surface area contributed by atoms with Crippen molar-refractivity contribution in [2.75, 3.05) is 6.54 Å². The first-order valence-electron chi connectivity index (χ1n) is 6.37. The SMILES string of the molecule is O=C(O)c1sccc1CN1CCn2c(nnc2C(F)(F)F)C1. The van der Waals surface area contributed by atoms with Crippen LogP contribution in [-0.4, -0.2) is 37.3 Å². The van der Waals surface area contributed by atoms with Crippen molar-refractivity contribution in [2.24, 2.45) is 0 Å². The van der Waals surface area contributed by atoms with E-state index in [1.165, 1.54) is 0 Å². The molecule has 1 aliphatic heterocycles. The highest BCUT2D eigenvalue weighted by atomic mass is 32.1. The van der Waals surface area contributed by atoms with Crippen molar-refractivity contribution in [3.63, 3.8) is 0 Å². The summed E-state index contributed by atoms with van der Waals surface area (Å²) >= 11 is 1.13. The maximum absolute atomic E-state index is 12.8. The standard InChI is InChI=1S/C12H11F3N4O2S/c13-12(14,15)11-17-16-8-6-18(2-3-19(8)11)5-7-1-4-22-9(7)10(20)21/h1,4H,2-3,5-6H2,(H,20,21). The summed E-state index contributed by atoms with van der Waals surface area (Å²) in [5.41, 5.74) is 0.654. The van der Waals surface area contributed by atoms with Crippen LogP contribution >= 0.6 is 11.3 Å². The van der Waals surface area contributed by atoms with E-state index < -0.39 is 18.0 Å². The van der Waals surface area contributed by atoms with E-state index in [4.69, 9.17) is 5.11 Å². The molecule has 0 saturated carbocycles. The molecule has 0 aromatic carbocycles. The van der Waals surface area contributed by atoms with Crippen LogP contribution < -0.4 is 0 Å². The molecule has 2 aromatic heterocycles. The Hall–Kier alpha value is -1.94. The first-order valence-corrected chi connectivity index (χ1v) is 7.25. The van der Waals surface area contributed by atoms with E-state index in [1.54, 1.807) is 11.4 Å². The van der Waals surface area contributed by atoms with Crippen LogP contribution in [-0.2, 0) is 25.8 Å². The van der Waals surface area contributed by atoms with Crippen LogP contribution in [0.2, 0.25) is 0 Å². The summed E-state index contributed by atoms with van der Waals surface area (Å²) in [6, 6.07) is 1.72. The maximum atomic E-state index is 12.8. The zero-order valence-electron chi connectivity index (χ0n) is 11.2. The van der Waals surface area contributed by atoms with Gasteiger partial charge >= 0.3 is 12.1 Å². The fourth-order valence-corrected chi connectivity index (χ4v) is 3.19. The normalized spacial score (nSPS) is 15.8. The van der Waals surface area contributed by atoms with Crippen molar-refractivity contribution < 1.29 is 23.1 Å². The summed E-state index contributed by atoms with van der Waals surface area (Å²) in [6.07, 6.45) is -4.52. The third-order valence-corrected chi connectivity index (χ3v) is 4.37. The number of fused-ring (bicyclic) bond motifs is 1. The highest BCUT2D eigenvalue weighted by molar-refractivity contribution is 7.12. The van der Waals surface area contributed by atoms with Crippen LogP contribution in [0, 0.1) is 0 Å². The van der Waals surface area contributed by atoms with Crippen LogP contribution in [0.4, 0.5) is 13.2 Å². The van der Waals surface area contributed by atoms with Crippen molar-refractivity contribution in [1.29, 1.82) is 0 Å². The number of carbonyl (C=O) groups is 1. The van der Waals surface area contributed by atoms with Gasteiger partial charge in [-0.2, -0.15) is 13.2 Å². The van der Waals surface area contributed by atoms with E-state index >= 15 is 0 Å². The monoisotopic (exact) mass is 332 g/mol. The van der Waals surface area contributed by atoms with Gasteiger partial charge in [0.25, 0.3) is 0 Å². The summed E-state index contributed by atoms with van der Waals surface area (Å²) in [6.45, 7) is 1.07. The van der Waals surface area contributed by atoms with Gasteiger partial charge in [-0.15, -0.1) is 21.5 Å². The molecule has 0 saturated heterocycles. The first-order chi connectivity index (χ1) is 10.4. The molecule has 0 amide bonds. The molecular weight excluding hydrogens is 321 g/mol. The smallest absolute Gasteiger partial charge is 0.451 e. The molecule has 3 heterocycles. The molecule has 0 bridgehead atoms. The number of carboxylic acids is 1. The second-order valence-corrected chi connectivity index (χ2v) is 5.80. The Balaban J connectivity index is 1.77. The summed E-state index contributed by atoms with van der Waals surface area (Å²) in [7, 11) is 0. The van der Waals surface area contributed by atoms with Crippen molar-refractivity contribution in [3.8, 4) is 0 Å². The third kappa shape index (κ3) is 2.71. The maximum Gasteiger partial charge on any atom is 0.451 e. The highest BCUT2D eigenvalue weighted by Crippen LogP contribution is 2.30. The largest absolute Gasteiger partial charge is 0.477 e. The van der Waals surface area contributed by atoms with Gasteiger partial charge < -0.3 is 9.67 Å². The lowest BCUT2D eigenvalue weighted by Gasteiger charge is -2.27. The lowest BCUT2D eigenvalue weighted by atomic mass is 10.2. The van der Waals surface area contributed by atoms with Gasteiger partial charge in [0.05, 0.1) is 6.54 Å². The lowest BCUT2D eigenvalue weighted by molar-refractivity contribution is -0.148. The number of aromatic carboxylic acids is 1. The average Bonchev–Trinajstić information content (AvgIpc) is 3.03. The van der Waals surface area contributed by atoms with Gasteiger partial charge in [0.15, 0.2) is 0 Å². The molecule has 6 nitrogen and oxygen atoms in total. The van der Waals surface area contributed by atoms with Gasteiger partial charge in [0, 0.05) is 19.6 Å². The minimum atomic E-state index is -4.52.